The second kappa shape index (κ2) is 13.4. The van der Waals surface area contributed by atoms with Gasteiger partial charge in [0.2, 0.25) is 0 Å². The predicted octanol–water partition coefficient (Wildman–Crippen LogP) is 4.63. The van der Waals surface area contributed by atoms with Crippen LogP contribution in [0.1, 0.15) is 6.42 Å². The van der Waals surface area contributed by atoms with E-state index >= 15 is 0 Å². The molecule has 7 nitrogen and oxygen atoms in total. The fourth-order valence-electron chi connectivity index (χ4n) is 2.59. The van der Waals surface area contributed by atoms with Crippen molar-refractivity contribution in [3.05, 3.63) is 12.7 Å². The maximum absolute atomic E-state index is 10.9. The van der Waals surface area contributed by atoms with Crippen molar-refractivity contribution < 1.29 is 31.4 Å². The van der Waals surface area contributed by atoms with Crippen LogP contribution < -0.4 is 0 Å². The van der Waals surface area contributed by atoms with Gasteiger partial charge >= 0.3 is 14.8 Å². The van der Waals surface area contributed by atoms with Gasteiger partial charge in [-0.25, -0.2) is 4.79 Å². The highest BCUT2D eigenvalue weighted by Crippen LogP contribution is 2.29. The minimum atomic E-state index is -2.78. The third kappa shape index (κ3) is 17.5. The van der Waals surface area contributed by atoms with Gasteiger partial charge in [-0.1, -0.05) is 6.58 Å². The van der Waals surface area contributed by atoms with Gasteiger partial charge in [-0.3, -0.25) is 0 Å². The minimum absolute atomic E-state index is 0.217. The van der Waals surface area contributed by atoms with Crippen LogP contribution in [0.25, 0.3) is 0 Å². The van der Waals surface area contributed by atoms with Gasteiger partial charge in [-0.15, -0.1) is 0 Å². The van der Waals surface area contributed by atoms with Gasteiger partial charge < -0.3 is 26.6 Å². The molecule has 0 rings (SSSR count). The fraction of sp³-hybridized carbons (Fsp3) is 0.842. The highest BCUT2D eigenvalue weighted by atomic mass is 28.5. The van der Waals surface area contributed by atoms with Crippen molar-refractivity contribution in [2.45, 2.75) is 71.4 Å². The largest absolute Gasteiger partial charge is 0.469 e. The summed E-state index contributed by atoms with van der Waals surface area (Å²) in [5.74, 6) is -0.441. The second-order valence-corrected chi connectivity index (χ2v) is 27.0. The van der Waals surface area contributed by atoms with E-state index < -0.39 is 39.7 Å². The summed E-state index contributed by atoms with van der Waals surface area (Å²) in [4.78, 5) is 10.9. The molecule has 0 bridgehead atoms. The second-order valence-electron chi connectivity index (χ2n) is 10.0. The van der Waals surface area contributed by atoms with Gasteiger partial charge in [0.15, 0.2) is 25.0 Å². The van der Waals surface area contributed by atoms with E-state index in [1.807, 2.05) is 0 Å². The molecule has 0 N–H and O–H groups in total. The number of rotatable bonds is 17. The molecule has 0 radical (unpaired) electrons. The zero-order valence-electron chi connectivity index (χ0n) is 20.6. The maximum Gasteiger partial charge on any atom is 0.469 e. The monoisotopic (exact) mass is 496 g/mol. The summed E-state index contributed by atoms with van der Waals surface area (Å²) < 4.78 is 35.9. The molecule has 0 spiro atoms. The molecule has 0 fully saturated rings. The van der Waals surface area contributed by atoms with Crippen molar-refractivity contribution in [3.8, 4) is 0 Å². The van der Waals surface area contributed by atoms with E-state index in [2.05, 4.69) is 65.5 Å². The Kier molecular flexibility index (Phi) is 13.4. The first-order valence-corrected chi connectivity index (χ1v) is 22.8. The van der Waals surface area contributed by atoms with Gasteiger partial charge in [0.1, 0.15) is 6.61 Å². The van der Waals surface area contributed by atoms with Crippen LogP contribution in [0, 0.1) is 0 Å². The summed E-state index contributed by atoms with van der Waals surface area (Å²) in [6.07, 6.45) is 1.96. The average Bonchev–Trinajstić information content (AvgIpc) is 2.51. The average molecular weight is 497 g/mol. The quantitative estimate of drug-likeness (QED) is 0.126. The van der Waals surface area contributed by atoms with Crippen LogP contribution in [0.5, 0.6) is 0 Å². The predicted molar refractivity (Wildman–Crippen MR) is 131 cm³/mol. The van der Waals surface area contributed by atoms with Gasteiger partial charge in [-0.05, 0) is 65.3 Å². The van der Waals surface area contributed by atoms with Crippen molar-refractivity contribution in [2.24, 2.45) is 0 Å². The third-order valence-electron chi connectivity index (χ3n) is 3.17. The van der Waals surface area contributed by atoms with Crippen molar-refractivity contribution in [3.63, 3.8) is 0 Å². The fourth-order valence-corrected chi connectivity index (χ4v) is 17.2. The molecule has 0 saturated heterocycles. The number of ether oxygens (including phenoxy) is 3. The van der Waals surface area contributed by atoms with E-state index in [9.17, 15) is 4.79 Å². The maximum atomic E-state index is 10.9. The van der Waals surface area contributed by atoms with Crippen LogP contribution in [-0.2, 0) is 31.4 Å². The number of hydrogen-bond acceptors (Lipinski definition) is 7. The lowest BCUT2D eigenvalue weighted by atomic mass is 10.5. The molecule has 0 heterocycles. The zero-order valence-corrected chi connectivity index (χ0v) is 24.6. The molecule has 178 valence electrons. The SMILES string of the molecule is C=CC(=O)OCCOCCOCCC[Si](O[Si](C)(C)C)(O[Si](C)(C)C)O[Si](C)(C)C. The van der Waals surface area contributed by atoms with Gasteiger partial charge in [0, 0.05) is 18.7 Å². The molecule has 0 aliphatic rings. The summed E-state index contributed by atoms with van der Waals surface area (Å²) in [5.41, 5.74) is 0. The summed E-state index contributed by atoms with van der Waals surface area (Å²) in [7, 11) is -8.32. The van der Waals surface area contributed by atoms with E-state index in [1.54, 1.807) is 0 Å². The lowest BCUT2D eigenvalue weighted by Crippen LogP contribution is -2.60. The highest BCUT2D eigenvalue weighted by Gasteiger charge is 2.49. The molecule has 30 heavy (non-hydrogen) atoms. The third-order valence-corrected chi connectivity index (χ3v) is 15.2. The Bertz CT molecular complexity index is 470. The Morgan fingerprint density at radius 3 is 1.50 bits per heavy atom. The number of carbonyl (C=O) groups excluding carboxylic acids is 1. The molecular formula is C19H44O7Si4. The summed E-state index contributed by atoms with van der Waals surface area (Å²) in [6.45, 7) is 25.2. The number of carbonyl (C=O) groups is 1. The first kappa shape index (κ1) is 29.9. The van der Waals surface area contributed by atoms with Gasteiger partial charge in [-0.2, -0.15) is 0 Å². The Balaban J connectivity index is 4.57. The van der Waals surface area contributed by atoms with E-state index in [0.29, 0.717) is 26.4 Å². The molecule has 0 aromatic carbocycles. The highest BCUT2D eigenvalue weighted by molar-refractivity contribution is 6.90. The molecular weight excluding hydrogens is 453 g/mol. The molecule has 0 amide bonds. The van der Waals surface area contributed by atoms with Crippen molar-refractivity contribution in [1.82, 2.24) is 0 Å². The van der Waals surface area contributed by atoms with Gasteiger partial charge in [0.05, 0.1) is 19.8 Å². The molecule has 0 aliphatic heterocycles. The van der Waals surface area contributed by atoms with Crippen LogP contribution in [0.2, 0.25) is 65.0 Å². The van der Waals surface area contributed by atoms with Crippen LogP contribution in [-0.4, -0.2) is 72.8 Å². The molecule has 0 aromatic heterocycles. The van der Waals surface area contributed by atoms with E-state index in [1.165, 1.54) is 0 Å². The van der Waals surface area contributed by atoms with E-state index in [0.717, 1.165) is 18.5 Å². The normalized spacial score (nSPS) is 13.4. The Morgan fingerprint density at radius 1 is 0.700 bits per heavy atom. The smallest absolute Gasteiger partial charge is 0.460 e. The Hall–Kier alpha value is -0.122. The molecule has 11 heteroatoms. The summed E-state index contributed by atoms with van der Waals surface area (Å²) in [6, 6.07) is 0.768. The first-order chi connectivity index (χ1) is 13.6. The van der Waals surface area contributed by atoms with E-state index in [-0.39, 0.29) is 6.61 Å². The standard InChI is InChI=1S/C19H44O7Si4/c1-11-19(20)23-17-16-22-15-14-21-13-12-18-30(24-27(2,3)4,25-28(5,6)7)26-29(8,9)10/h11H,1,12-18H2,2-10H3. The number of hydrogen-bond donors (Lipinski definition) is 0. The van der Waals surface area contributed by atoms with Crippen LogP contribution in [0.4, 0.5) is 0 Å². The van der Waals surface area contributed by atoms with Crippen LogP contribution in [0.15, 0.2) is 12.7 Å². The van der Waals surface area contributed by atoms with Crippen molar-refractivity contribution in [2.75, 3.05) is 33.0 Å². The van der Waals surface area contributed by atoms with Crippen molar-refractivity contribution in [1.29, 1.82) is 0 Å². The number of esters is 1. The first-order valence-electron chi connectivity index (χ1n) is 10.6. The topological polar surface area (TPSA) is 72.5 Å². The summed E-state index contributed by atoms with van der Waals surface area (Å²) in [5, 5.41) is 0. The lowest BCUT2D eigenvalue weighted by Gasteiger charge is -2.42. The molecule has 0 atom stereocenters. The Labute approximate surface area is 188 Å². The van der Waals surface area contributed by atoms with E-state index in [4.69, 9.17) is 26.6 Å². The van der Waals surface area contributed by atoms with Crippen LogP contribution in [0.3, 0.4) is 0 Å². The van der Waals surface area contributed by atoms with Gasteiger partial charge in [0.25, 0.3) is 0 Å². The molecule has 0 aromatic rings. The van der Waals surface area contributed by atoms with Crippen LogP contribution >= 0.6 is 0 Å². The Morgan fingerprint density at radius 2 is 1.10 bits per heavy atom. The summed E-state index contributed by atoms with van der Waals surface area (Å²) >= 11 is 0. The zero-order chi connectivity index (χ0) is 23.5. The van der Waals surface area contributed by atoms with Crippen molar-refractivity contribution >= 4 is 39.7 Å². The minimum Gasteiger partial charge on any atom is -0.460 e. The molecule has 0 unspecified atom stereocenters. The molecule has 0 saturated carbocycles. The lowest BCUT2D eigenvalue weighted by molar-refractivity contribution is -0.139. The molecule has 0 aliphatic carbocycles.